The molecule has 0 atom stereocenters. The summed E-state index contributed by atoms with van der Waals surface area (Å²) in [5, 5.41) is 0.514. The Labute approximate surface area is 132 Å². The van der Waals surface area contributed by atoms with Gasteiger partial charge >= 0.3 is 0 Å². The lowest BCUT2D eigenvalue weighted by atomic mass is 10.2. The van der Waals surface area contributed by atoms with E-state index >= 15 is 0 Å². The molecule has 0 fully saturated rings. The largest absolute Gasteiger partial charge is 0.329 e. The Kier molecular flexibility index (Phi) is 3.40. The number of pyridine rings is 1. The summed E-state index contributed by atoms with van der Waals surface area (Å²) in [4.78, 5) is 7.29. The SMILES string of the molecule is Cc1cc(Br)c(F)cc1-n1c(=S)[nH]c2cc(Cl)cnc21. The van der Waals surface area contributed by atoms with E-state index in [-0.39, 0.29) is 5.82 Å². The fourth-order valence-electron chi connectivity index (χ4n) is 2.07. The average Bonchev–Trinajstić information content (AvgIpc) is 2.69. The zero-order valence-electron chi connectivity index (χ0n) is 10.2. The average molecular weight is 373 g/mol. The van der Waals surface area contributed by atoms with Crippen LogP contribution < -0.4 is 0 Å². The van der Waals surface area contributed by atoms with Gasteiger partial charge in [0.2, 0.25) is 0 Å². The molecule has 0 saturated heterocycles. The monoisotopic (exact) mass is 371 g/mol. The Morgan fingerprint density at radius 3 is 2.90 bits per heavy atom. The maximum absolute atomic E-state index is 13.8. The smallest absolute Gasteiger partial charge is 0.184 e. The Bertz CT molecular complexity index is 887. The number of nitrogens with zero attached hydrogens (tertiary/aromatic N) is 2. The summed E-state index contributed by atoms with van der Waals surface area (Å²) in [6.45, 7) is 1.88. The lowest BCUT2D eigenvalue weighted by Gasteiger charge is -2.09. The molecule has 0 saturated carbocycles. The van der Waals surface area contributed by atoms with Gasteiger partial charge in [-0.25, -0.2) is 9.37 Å². The molecule has 1 N–H and O–H groups in total. The standard InChI is InChI=1S/C13H8BrClFN3S/c1-6-2-8(14)9(16)4-11(6)19-12-10(18-13(19)20)3-7(15)5-17-12/h2-5H,1H3,(H,18,20). The van der Waals surface area contributed by atoms with Gasteiger partial charge in [0.25, 0.3) is 0 Å². The van der Waals surface area contributed by atoms with Crippen molar-refractivity contribution in [3.05, 3.63) is 50.0 Å². The molecule has 7 heteroatoms. The molecule has 0 unspecified atom stereocenters. The third-order valence-corrected chi connectivity index (χ3v) is 4.07. The van der Waals surface area contributed by atoms with Crippen LogP contribution in [0.2, 0.25) is 5.02 Å². The highest BCUT2D eigenvalue weighted by atomic mass is 79.9. The van der Waals surface area contributed by atoms with Gasteiger partial charge in [0.1, 0.15) is 5.82 Å². The zero-order valence-corrected chi connectivity index (χ0v) is 13.4. The second-order valence-corrected chi connectivity index (χ2v) is 6.02. The first kappa shape index (κ1) is 13.7. The molecule has 2 heterocycles. The Balaban J connectivity index is 2.38. The molecular formula is C13H8BrClFN3S. The summed E-state index contributed by atoms with van der Waals surface area (Å²) in [6.07, 6.45) is 1.54. The topological polar surface area (TPSA) is 33.6 Å². The Morgan fingerprint density at radius 1 is 1.40 bits per heavy atom. The Hall–Kier alpha value is -1.24. The second kappa shape index (κ2) is 4.95. The van der Waals surface area contributed by atoms with Crippen molar-refractivity contribution in [2.75, 3.05) is 0 Å². The third-order valence-electron chi connectivity index (χ3n) is 2.97. The summed E-state index contributed by atoms with van der Waals surface area (Å²) in [7, 11) is 0. The van der Waals surface area contributed by atoms with E-state index < -0.39 is 0 Å². The van der Waals surface area contributed by atoms with Gasteiger partial charge in [-0.2, -0.15) is 0 Å². The van der Waals surface area contributed by atoms with Crippen LogP contribution in [-0.2, 0) is 0 Å². The van der Waals surface area contributed by atoms with Crippen LogP contribution >= 0.6 is 39.7 Å². The first-order valence-corrected chi connectivity index (χ1v) is 7.27. The minimum atomic E-state index is -0.351. The minimum absolute atomic E-state index is 0.351. The highest BCUT2D eigenvalue weighted by Gasteiger charge is 2.13. The van der Waals surface area contributed by atoms with Gasteiger partial charge in [0.15, 0.2) is 10.4 Å². The van der Waals surface area contributed by atoms with Crippen molar-refractivity contribution >= 4 is 50.9 Å². The molecule has 3 nitrogen and oxygen atoms in total. The molecule has 3 aromatic rings. The van der Waals surface area contributed by atoms with Gasteiger partial charge in [-0.1, -0.05) is 11.6 Å². The number of aromatic nitrogens is 3. The first-order valence-electron chi connectivity index (χ1n) is 5.69. The van der Waals surface area contributed by atoms with Crippen LogP contribution in [-0.4, -0.2) is 14.5 Å². The van der Waals surface area contributed by atoms with Crippen LogP contribution in [0, 0.1) is 17.5 Å². The lowest BCUT2D eigenvalue weighted by molar-refractivity contribution is 0.619. The number of hydrogen-bond donors (Lipinski definition) is 1. The van der Waals surface area contributed by atoms with Gasteiger partial charge in [0.05, 0.1) is 20.7 Å². The molecule has 1 aromatic carbocycles. The predicted molar refractivity (Wildman–Crippen MR) is 83.7 cm³/mol. The van der Waals surface area contributed by atoms with Gasteiger partial charge < -0.3 is 4.98 Å². The molecule has 0 radical (unpaired) electrons. The number of nitrogens with one attached hydrogen (secondary N) is 1. The van der Waals surface area contributed by atoms with E-state index in [1.807, 2.05) is 6.92 Å². The Morgan fingerprint density at radius 2 is 2.15 bits per heavy atom. The quantitative estimate of drug-likeness (QED) is 0.613. The van der Waals surface area contributed by atoms with Crippen molar-refractivity contribution in [3.63, 3.8) is 0 Å². The summed E-state index contributed by atoms with van der Waals surface area (Å²) >= 11 is 14.4. The highest BCUT2D eigenvalue weighted by Crippen LogP contribution is 2.26. The first-order chi connectivity index (χ1) is 9.47. The second-order valence-electron chi connectivity index (χ2n) is 4.34. The van der Waals surface area contributed by atoms with E-state index in [1.54, 1.807) is 16.7 Å². The molecule has 0 aliphatic rings. The number of aryl methyl sites for hydroxylation is 1. The van der Waals surface area contributed by atoms with Crippen molar-refractivity contribution in [3.8, 4) is 5.69 Å². The normalized spacial score (nSPS) is 11.2. The number of imidazole rings is 1. The van der Waals surface area contributed by atoms with E-state index in [9.17, 15) is 4.39 Å². The highest BCUT2D eigenvalue weighted by molar-refractivity contribution is 9.10. The van der Waals surface area contributed by atoms with E-state index in [0.717, 1.165) is 5.56 Å². The molecule has 0 amide bonds. The van der Waals surface area contributed by atoms with Crippen molar-refractivity contribution < 1.29 is 4.39 Å². The summed E-state index contributed by atoms with van der Waals surface area (Å²) in [5.41, 5.74) is 2.86. The number of H-pyrrole nitrogens is 1. The van der Waals surface area contributed by atoms with Gasteiger partial charge in [-0.15, -0.1) is 0 Å². The molecule has 102 valence electrons. The van der Waals surface area contributed by atoms with E-state index in [4.69, 9.17) is 23.8 Å². The molecule has 0 aliphatic heterocycles. The van der Waals surface area contributed by atoms with Crippen LogP contribution in [0.1, 0.15) is 5.56 Å². The summed E-state index contributed by atoms with van der Waals surface area (Å²) in [5.74, 6) is -0.351. The fourth-order valence-corrected chi connectivity index (χ4v) is 2.98. The minimum Gasteiger partial charge on any atom is -0.329 e. The number of fused-ring (bicyclic) bond motifs is 1. The van der Waals surface area contributed by atoms with Gasteiger partial charge in [-0.05, 0) is 58.8 Å². The van der Waals surface area contributed by atoms with Crippen molar-refractivity contribution in [2.24, 2.45) is 0 Å². The van der Waals surface area contributed by atoms with E-state index in [0.29, 0.717) is 31.1 Å². The molecule has 0 aliphatic carbocycles. The molecule has 0 spiro atoms. The van der Waals surface area contributed by atoms with Crippen LogP contribution in [0.4, 0.5) is 4.39 Å². The number of rotatable bonds is 1. The van der Waals surface area contributed by atoms with Crippen LogP contribution in [0.15, 0.2) is 28.9 Å². The summed E-state index contributed by atoms with van der Waals surface area (Å²) in [6, 6.07) is 4.88. The number of hydrogen-bond acceptors (Lipinski definition) is 2. The van der Waals surface area contributed by atoms with Gasteiger partial charge in [-0.3, -0.25) is 4.57 Å². The molecular weight excluding hydrogens is 365 g/mol. The summed E-state index contributed by atoms with van der Waals surface area (Å²) < 4.78 is 16.4. The molecule has 20 heavy (non-hydrogen) atoms. The maximum atomic E-state index is 13.8. The number of benzene rings is 1. The van der Waals surface area contributed by atoms with Crippen molar-refractivity contribution in [2.45, 2.75) is 6.92 Å². The lowest BCUT2D eigenvalue weighted by Crippen LogP contribution is -1.99. The number of aromatic amines is 1. The van der Waals surface area contributed by atoms with Crippen LogP contribution in [0.3, 0.4) is 0 Å². The van der Waals surface area contributed by atoms with Crippen molar-refractivity contribution in [1.29, 1.82) is 0 Å². The van der Waals surface area contributed by atoms with E-state index in [2.05, 4.69) is 25.9 Å². The molecule has 3 rings (SSSR count). The van der Waals surface area contributed by atoms with Crippen molar-refractivity contribution in [1.82, 2.24) is 14.5 Å². The maximum Gasteiger partial charge on any atom is 0.184 e. The molecule has 0 bridgehead atoms. The van der Waals surface area contributed by atoms with Crippen LogP contribution in [0.25, 0.3) is 16.9 Å². The zero-order chi connectivity index (χ0) is 14.4. The third kappa shape index (κ3) is 2.17. The fraction of sp³-hybridized carbons (Fsp3) is 0.0769. The van der Waals surface area contributed by atoms with E-state index in [1.165, 1.54) is 12.3 Å². The van der Waals surface area contributed by atoms with Gasteiger partial charge in [0, 0.05) is 6.20 Å². The number of halogens is 3. The molecule has 2 aromatic heterocycles. The van der Waals surface area contributed by atoms with Crippen LogP contribution in [0.5, 0.6) is 0 Å². The predicted octanol–water partition coefficient (Wildman–Crippen LogP) is 4.95.